The number of carbonyl (C=O) groups excluding carboxylic acids is 1. The highest BCUT2D eigenvalue weighted by Crippen LogP contribution is 2.25. The zero-order valence-corrected chi connectivity index (χ0v) is 12.9. The van der Waals surface area contributed by atoms with Crippen LogP contribution >= 0.6 is 0 Å². The number of methoxy groups -OCH3 is 1. The predicted molar refractivity (Wildman–Crippen MR) is 83.1 cm³/mol. The third-order valence-electron chi connectivity index (χ3n) is 3.24. The summed E-state index contributed by atoms with van der Waals surface area (Å²) < 4.78 is 15.9. The molecule has 2 aromatic rings. The number of benzene rings is 1. The Morgan fingerprint density at radius 1 is 1.23 bits per heavy atom. The number of aryl methyl sites for hydroxylation is 1. The van der Waals surface area contributed by atoms with Crippen LogP contribution in [-0.2, 0) is 11.2 Å². The number of nitrogens with one attached hydrogen (secondary N) is 1. The van der Waals surface area contributed by atoms with E-state index in [1.54, 1.807) is 25.5 Å². The molecule has 118 valence electrons. The number of rotatable bonds is 8. The number of carbonyl (C=O) groups is 1. The first-order valence-electron chi connectivity index (χ1n) is 7.26. The summed E-state index contributed by atoms with van der Waals surface area (Å²) in [5.41, 5.74) is 0. The monoisotopic (exact) mass is 303 g/mol. The van der Waals surface area contributed by atoms with Crippen LogP contribution in [0.5, 0.6) is 11.5 Å². The summed E-state index contributed by atoms with van der Waals surface area (Å²) in [4.78, 5) is 11.9. The highest BCUT2D eigenvalue weighted by Gasteiger charge is 2.10. The number of hydrogen-bond acceptors (Lipinski definition) is 4. The first kappa shape index (κ1) is 15.9. The maximum absolute atomic E-state index is 11.9. The minimum Gasteiger partial charge on any atom is -0.493 e. The summed E-state index contributed by atoms with van der Waals surface area (Å²) in [6, 6.07) is 11.1. The van der Waals surface area contributed by atoms with Gasteiger partial charge in [0.2, 0.25) is 0 Å². The van der Waals surface area contributed by atoms with E-state index in [-0.39, 0.29) is 18.6 Å². The number of para-hydroxylation sites is 2. The van der Waals surface area contributed by atoms with Gasteiger partial charge in [-0.3, -0.25) is 4.79 Å². The Bertz CT molecular complexity index is 580. The molecule has 0 fully saturated rings. The van der Waals surface area contributed by atoms with Crippen LogP contribution < -0.4 is 14.8 Å². The summed E-state index contributed by atoms with van der Waals surface area (Å²) in [5.74, 6) is 1.94. The van der Waals surface area contributed by atoms with Gasteiger partial charge in [0.15, 0.2) is 18.1 Å². The molecule has 0 spiro atoms. The van der Waals surface area contributed by atoms with Crippen molar-refractivity contribution in [2.75, 3.05) is 13.7 Å². The normalized spacial score (nSPS) is 11.7. The van der Waals surface area contributed by atoms with E-state index in [9.17, 15) is 4.79 Å². The number of furan rings is 1. The zero-order chi connectivity index (χ0) is 15.8. The van der Waals surface area contributed by atoms with Gasteiger partial charge in [0.1, 0.15) is 5.76 Å². The van der Waals surface area contributed by atoms with E-state index in [0.29, 0.717) is 11.5 Å². The molecule has 5 nitrogen and oxygen atoms in total. The highest BCUT2D eigenvalue weighted by atomic mass is 16.5. The van der Waals surface area contributed by atoms with Gasteiger partial charge >= 0.3 is 0 Å². The molecule has 0 saturated carbocycles. The molecule has 0 bridgehead atoms. The fourth-order valence-electron chi connectivity index (χ4n) is 2.08. The van der Waals surface area contributed by atoms with Gasteiger partial charge in [-0.25, -0.2) is 0 Å². The summed E-state index contributed by atoms with van der Waals surface area (Å²) in [7, 11) is 1.57. The SMILES string of the molecule is COc1ccccc1OCC(=O)NC(C)CCc1ccco1. The van der Waals surface area contributed by atoms with Crippen LogP contribution in [0.2, 0.25) is 0 Å². The molecule has 1 aromatic carbocycles. The van der Waals surface area contributed by atoms with Crippen LogP contribution in [0.15, 0.2) is 47.1 Å². The van der Waals surface area contributed by atoms with Crippen molar-refractivity contribution in [2.24, 2.45) is 0 Å². The van der Waals surface area contributed by atoms with Gasteiger partial charge < -0.3 is 19.2 Å². The maximum Gasteiger partial charge on any atom is 0.258 e. The van der Waals surface area contributed by atoms with Gasteiger partial charge in [-0.15, -0.1) is 0 Å². The smallest absolute Gasteiger partial charge is 0.258 e. The summed E-state index contributed by atoms with van der Waals surface area (Å²) in [6.45, 7) is 1.93. The molecule has 5 heteroatoms. The van der Waals surface area contributed by atoms with Crippen molar-refractivity contribution >= 4 is 5.91 Å². The van der Waals surface area contributed by atoms with Gasteiger partial charge in [-0.1, -0.05) is 12.1 Å². The van der Waals surface area contributed by atoms with E-state index < -0.39 is 0 Å². The highest BCUT2D eigenvalue weighted by molar-refractivity contribution is 5.77. The Labute approximate surface area is 130 Å². The first-order valence-corrected chi connectivity index (χ1v) is 7.26. The lowest BCUT2D eigenvalue weighted by molar-refractivity contribution is -0.123. The molecule has 1 atom stereocenters. The summed E-state index contributed by atoms with van der Waals surface area (Å²) >= 11 is 0. The Morgan fingerprint density at radius 2 is 2.00 bits per heavy atom. The molecule has 22 heavy (non-hydrogen) atoms. The van der Waals surface area contributed by atoms with Crippen molar-refractivity contribution in [3.8, 4) is 11.5 Å². The lowest BCUT2D eigenvalue weighted by Gasteiger charge is -2.14. The summed E-state index contributed by atoms with van der Waals surface area (Å²) in [6.07, 6.45) is 3.26. The predicted octanol–water partition coefficient (Wildman–Crippen LogP) is 2.80. The minimum atomic E-state index is -0.155. The molecular formula is C17H21NO4. The van der Waals surface area contributed by atoms with E-state index in [4.69, 9.17) is 13.9 Å². The fourth-order valence-corrected chi connectivity index (χ4v) is 2.08. The lowest BCUT2D eigenvalue weighted by Crippen LogP contribution is -2.36. The molecular weight excluding hydrogens is 282 g/mol. The lowest BCUT2D eigenvalue weighted by atomic mass is 10.1. The van der Waals surface area contributed by atoms with Crippen molar-refractivity contribution in [1.82, 2.24) is 5.32 Å². The van der Waals surface area contributed by atoms with Crippen molar-refractivity contribution in [3.63, 3.8) is 0 Å². The van der Waals surface area contributed by atoms with Crippen LogP contribution in [-0.4, -0.2) is 25.7 Å². The second-order valence-electron chi connectivity index (χ2n) is 5.03. The average Bonchev–Trinajstić information content (AvgIpc) is 3.04. The van der Waals surface area contributed by atoms with Crippen LogP contribution in [0.25, 0.3) is 0 Å². The number of ether oxygens (including phenoxy) is 2. The van der Waals surface area contributed by atoms with Crippen LogP contribution in [0.4, 0.5) is 0 Å². The third-order valence-corrected chi connectivity index (χ3v) is 3.24. The summed E-state index contributed by atoms with van der Waals surface area (Å²) in [5, 5.41) is 2.90. The van der Waals surface area contributed by atoms with E-state index in [2.05, 4.69) is 5.32 Å². The van der Waals surface area contributed by atoms with Crippen LogP contribution in [0, 0.1) is 0 Å². The molecule has 0 saturated heterocycles. The molecule has 0 radical (unpaired) electrons. The van der Waals surface area contributed by atoms with Gasteiger partial charge in [0.05, 0.1) is 13.4 Å². The molecule has 1 aromatic heterocycles. The van der Waals surface area contributed by atoms with Crippen molar-refractivity contribution in [1.29, 1.82) is 0 Å². The van der Waals surface area contributed by atoms with Crippen LogP contribution in [0.3, 0.4) is 0 Å². The molecule has 0 aliphatic heterocycles. The molecule has 0 aliphatic rings. The van der Waals surface area contributed by atoms with E-state index in [1.807, 2.05) is 31.2 Å². The molecule has 2 rings (SSSR count). The second-order valence-corrected chi connectivity index (χ2v) is 5.03. The first-order chi connectivity index (χ1) is 10.7. The number of hydrogen-bond donors (Lipinski definition) is 1. The molecule has 0 aliphatic carbocycles. The molecule has 1 unspecified atom stereocenters. The van der Waals surface area contributed by atoms with Gasteiger partial charge in [-0.2, -0.15) is 0 Å². The van der Waals surface area contributed by atoms with Crippen molar-refractivity contribution in [2.45, 2.75) is 25.8 Å². The van der Waals surface area contributed by atoms with E-state index in [1.165, 1.54) is 0 Å². The van der Waals surface area contributed by atoms with E-state index in [0.717, 1.165) is 18.6 Å². The third kappa shape index (κ3) is 4.84. The Kier molecular flexibility index (Phi) is 5.89. The van der Waals surface area contributed by atoms with E-state index >= 15 is 0 Å². The topological polar surface area (TPSA) is 60.7 Å². The van der Waals surface area contributed by atoms with Crippen LogP contribution in [0.1, 0.15) is 19.1 Å². The van der Waals surface area contributed by atoms with Crippen molar-refractivity contribution < 1.29 is 18.7 Å². The average molecular weight is 303 g/mol. The largest absolute Gasteiger partial charge is 0.493 e. The second kappa shape index (κ2) is 8.12. The number of amides is 1. The Balaban J connectivity index is 1.73. The quantitative estimate of drug-likeness (QED) is 0.814. The zero-order valence-electron chi connectivity index (χ0n) is 12.9. The maximum atomic E-state index is 11.9. The fraction of sp³-hybridized carbons (Fsp3) is 0.353. The molecule has 1 heterocycles. The van der Waals surface area contributed by atoms with Gasteiger partial charge in [-0.05, 0) is 37.6 Å². The molecule has 1 amide bonds. The molecule has 1 N–H and O–H groups in total. The van der Waals surface area contributed by atoms with Gasteiger partial charge in [0.25, 0.3) is 5.91 Å². The Morgan fingerprint density at radius 3 is 2.68 bits per heavy atom. The van der Waals surface area contributed by atoms with Crippen molar-refractivity contribution in [3.05, 3.63) is 48.4 Å². The standard InChI is InChI=1S/C17H21NO4/c1-13(9-10-14-6-5-11-21-14)18-17(19)12-22-16-8-4-3-7-15(16)20-2/h3-8,11,13H,9-10,12H2,1-2H3,(H,18,19). The Hall–Kier alpha value is -2.43. The minimum absolute atomic E-state index is 0.0362. The van der Waals surface area contributed by atoms with Gasteiger partial charge in [0, 0.05) is 12.5 Å².